The molecular weight excluding hydrogens is 264 g/mol. The molecule has 0 aromatic heterocycles. The Morgan fingerprint density at radius 1 is 1.12 bits per heavy atom. The molecule has 94 valence electrons. The molecule has 0 rings (SSSR count). The first-order valence-corrected chi connectivity index (χ1v) is 6.24. The Labute approximate surface area is 96.6 Å². The third-order valence-corrected chi connectivity index (χ3v) is 1.94. The lowest BCUT2D eigenvalue weighted by atomic mass is 10.3. The summed E-state index contributed by atoms with van der Waals surface area (Å²) >= 11 is -3.76. The number of rotatable bonds is 9. The van der Waals surface area contributed by atoms with E-state index in [1.54, 1.807) is 0 Å². The van der Waals surface area contributed by atoms with Crippen molar-refractivity contribution in [3.05, 3.63) is 0 Å². The highest BCUT2D eigenvalue weighted by Gasteiger charge is 2.16. The lowest BCUT2D eigenvalue weighted by Crippen LogP contribution is -2.25. The van der Waals surface area contributed by atoms with Gasteiger partial charge in [0.2, 0.25) is 11.6 Å². The minimum atomic E-state index is -2.07. The minimum Gasteiger partial charge on any atom is -0.288 e. The van der Waals surface area contributed by atoms with Gasteiger partial charge in [-0.05, 0) is 0 Å². The average Bonchev–Trinajstić information content (AvgIpc) is 2.24. The van der Waals surface area contributed by atoms with Crippen molar-refractivity contribution in [3.63, 3.8) is 0 Å². The lowest BCUT2D eigenvalue weighted by molar-refractivity contribution is -0.197. The van der Waals surface area contributed by atoms with E-state index in [1.165, 1.54) is 6.26 Å². The van der Waals surface area contributed by atoms with Gasteiger partial charge in [0.25, 0.3) is 0 Å². The largest absolute Gasteiger partial charge is 0.304 e. The van der Waals surface area contributed by atoms with Gasteiger partial charge in [-0.2, -0.15) is 4.21 Å². The average molecular weight is 274 g/mol. The van der Waals surface area contributed by atoms with Crippen molar-refractivity contribution in [2.45, 2.75) is 0 Å². The molecule has 0 saturated heterocycles. The lowest BCUT2D eigenvalue weighted by Gasteiger charge is -2.00. The van der Waals surface area contributed by atoms with Gasteiger partial charge in [-0.1, -0.05) is 0 Å². The van der Waals surface area contributed by atoms with Crippen molar-refractivity contribution in [1.29, 1.82) is 0 Å². The molecule has 0 aliphatic rings. The number of Topliss-reactive ketones (excluding diaryl/α,β-unsaturated/α-hetero) is 2. The SMILES string of the molecule is CO[S@@](=O)OCC(=O)C(=O)COO[S@@](C)=O. The first-order valence-electron chi connectivity index (χ1n) is 3.76. The molecule has 0 amide bonds. The van der Waals surface area contributed by atoms with E-state index >= 15 is 0 Å². The molecule has 0 heterocycles. The molecule has 0 bridgehead atoms. The zero-order chi connectivity index (χ0) is 12.6. The summed E-state index contributed by atoms with van der Waals surface area (Å²) in [5.74, 6) is -1.92. The van der Waals surface area contributed by atoms with Gasteiger partial charge in [-0.15, -0.1) is 4.33 Å². The predicted octanol–water partition coefficient (Wildman–Crippen LogP) is -1.39. The summed E-state index contributed by atoms with van der Waals surface area (Å²) in [6.07, 6.45) is 1.18. The molecule has 16 heavy (non-hydrogen) atoms. The summed E-state index contributed by atoms with van der Waals surface area (Å²) < 4.78 is 33.5. The Morgan fingerprint density at radius 3 is 2.19 bits per heavy atom. The zero-order valence-corrected chi connectivity index (χ0v) is 10.1. The van der Waals surface area contributed by atoms with E-state index in [0.29, 0.717) is 0 Å². The van der Waals surface area contributed by atoms with E-state index < -0.39 is 47.2 Å². The van der Waals surface area contributed by atoms with Gasteiger partial charge in [-0.3, -0.25) is 18.0 Å². The molecule has 0 aromatic carbocycles. The summed E-state index contributed by atoms with van der Waals surface area (Å²) in [4.78, 5) is 26.1. The maximum Gasteiger partial charge on any atom is 0.304 e. The first-order chi connectivity index (χ1) is 7.47. The summed E-state index contributed by atoms with van der Waals surface area (Å²) in [6, 6.07) is 0. The van der Waals surface area contributed by atoms with E-state index in [2.05, 4.69) is 17.6 Å². The van der Waals surface area contributed by atoms with Gasteiger partial charge in [0.15, 0.2) is 11.1 Å². The summed E-state index contributed by atoms with van der Waals surface area (Å²) in [7, 11) is 1.11. The van der Waals surface area contributed by atoms with Crippen LogP contribution in [-0.2, 0) is 49.6 Å². The third-order valence-electron chi connectivity index (χ3n) is 1.07. The molecule has 0 unspecified atom stereocenters. The molecule has 0 aliphatic heterocycles. The maximum absolute atomic E-state index is 11.0. The number of ketones is 2. The number of carbonyl (C=O) groups is 2. The van der Waals surface area contributed by atoms with E-state index in [1.807, 2.05) is 0 Å². The van der Waals surface area contributed by atoms with Gasteiger partial charge in [-0.25, -0.2) is 9.10 Å². The van der Waals surface area contributed by atoms with Gasteiger partial charge in [0.1, 0.15) is 13.2 Å². The fraction of sp³-hybridized carbons (Fsp3) is 0.667. The van der Waals surface area contributed by atoms with Crippen LogP contribution in [0.2, 0.25) is 0 Å². The van der Waals surface area contributed by atoms with Crippen molar-refractivity contribution >= 4 is 34.0 Å². The smallest absolute Gasteiger partial charge is 0.288 e. The fourth-order valence-electron chi connectivity index (χ4n) is 0.456. The van der Waals surface area contributed by atoms with E-state index in [9.17, 15) is 18.0 Å². The van der Waals surface area contributed by atoms with E-state index in [4.69, 9.17) is 0 Å². The van der Waals surface area contributed by atoms with Gasteiger partial charge < -0.3 is 0 Å². The van der Waals surface area contributed by atoms with Crippen LogP contribution in [0.4, 0.5) is 0 Å². The number of hydrogen-bond acceptors (Lipinski definition) is 8. The van der Waals surface area contributed by atoms with Gasteiger partial charge in [0, 0.05) is 6.26 Å². The molecule has 0 fully saturated rings. The second kappa shape index (κ2) is 8.61. The summed E-state index contributed by atoms with van der Waals surface area (Å²) in [5.41, 5.74) is 0. The third kappa shape index (κ3) is 7.73. The molecule has 0 saturated carbocycles. The van der Waals surface area contributed by atoms with Crippen LogP contribution >= 0.6 is 0 Å². The molecule has 2 atom stereocenters. The Kier molecular flexibility index (Phi) is 8.33. The minimum absolute atomic E-state index is 0.693. The molecule has 0 N–H and O–H groups in total. The van der Waals surface area contributed by atoms with Crippen molar-refractivity contribution in [2.75, 3.05) is 26.6 Å². The molecule has 0 radical (unpaired) electrons. The van der Waals surface area contributed by atoms with Crippen LogP contribution < -0.4 is 0 Å². The highest BCUT2D eigenvalue weighted by Crippen LogP contribution is 1.90. The molecule has 0 aliphatic carbocycles. The molecular formula is C6H10O8S2. The summed E-state index contributed by atoms with van der Waals surface area (Å²) in [5, 5.41) is 0. The zero-order valence-electron chi connectivity index (χ0n) is 8.50. The van der Waals surface area contributed by atoms with Crippen LogP contribution in [0.15, 0.2) is 0 Å². The second-order valence-corrected chi connectivity index (χ2v) is 4.13. The maximum atomic E-state index is 11.0. The van der Waals surface area contributed by atoms with Crippen molar-refractivity contribution < 1.29 is 35.6 Å². The Bertz CT molecular complexity index is 301. The Balaban J connectivity index is 3.78. The van der Waals surface area contributed by atoms with Crippen LogP contribution in [0, 0.1) is 0 Å². The quantitative estimate of drug-likeness (QED) is 0.287. The van der Waals surface area contributed by atoms with Crippen molar-refractivity contribution in [3.8, 4) is 0 Å². The van der Waals surface area contributed by atoms with Crippen LogP contribution in [0.3, 0.4) is 0 Å². The van der Waals surface area contributed by atoms with Crippen LogP contribution in [-0.4, -0.2) is 46.6 Å². The Hall–Kier alpha value is -0.520. The fourth-order valence-corrected chi connectivity index (χ4v) is 0.939. The van der Waals surface area contributed by atoms with Crippen LogP contribution in [0.5, 0.6) is 0 Å². The molecule has 10 heteroatoms. The predicted molar refractivity (Wildman–Crippen MR) is 52.2 cm³/mol. The second-order valence-electron chi connectivity index (χ2n) is 2.21. The van der Waals surface area contributed by atoms with E-state index in [0.717, 1.165) is 7.11 Å². The van der Waals surface area contributed by atoms with Crippen LogP contribution in [0.25, 0.3) is 0 Å². The van der Waals surface area contributed by atoms with Crippen molar-refractivity contribution in [1.82, 2.24) is 0 Å². The number of hydrogen-bond donors (Lipinski definition) is 0. The topological polar surface area (TPSA) is 105 Å². The van der Waals surface area contributed by atoms with Gasteiger partial charge in [0.05, 0.1) is 7.11 Å². The van der Waals surface area contributed by atoms with E-state index in [-0.39, 0.29) is 0 Å². The molecule has 8 nitrogen and oxygen atoms in total. The Morgan fingerprint density at radius 2 is 1.69 bits per heavy atom. The highest BCUT2D eigenvalue weighted by molar-refractivity contribution is 7.79. The molecule has 0 aromatic rings. The monoisotopic (exact) mass is 274 g/mol. The van der Waals surface area contributed by atoms with Crippen LogP contribution in [0.1, 0.15) is 0 Å². The molecule has 0 spiro atoms. The number of carbonyl (C=O) groups excluding carboxylic acids is 2. The standard InChI is InChI=1S/C6H10O8S2/c1-11-16(10)13-4-6(8)5(7)3-12-14-15(2)9/h3-4H2,1-2H3/t15-,16+/m0/s1. The highest BCUT2D eigenvalue weighted by atomic mass is 32.2. The summed E-state index contributed by atoms with van der Waals surface area (Å²) in [6.45, 7) is -1.39. The van der Waals surface area contributed by atoms with Gasteiger partial charge >= 0.3 is 11.4 Å². The first kappa shape index (κ1) is 15.5. The van der Waals surface area contributed by atoms with Crippen molar-refractivity contribution in [2.24, 2.45) is 0 Å². The normalized spacial score (nSPS) is 14.4.